The third kappa shape index (κ3) is 2.59. The lowest BCUT2D eigenvalue weighted by Crippen LogP contribution is -2.50. The van der Waals surface area contributed by atoms with Gasteiger partial charge < -0.3 is 29.2 Å². The minimum Gasteiger partial charge on any atom is -0.465 e. The number of hydrogen-bond donors (Lipinski definition) is 2. The van der Waals surface area contributed by atoms with E-state index in [1.165, 1.54) is 31.4 Å². The monoisotopic (exact) mass is 324 g/mol. The molecule has 8 heteroatoms. The van der Waals surface area contributed by atoms with Crippen LogP contribution in [0.5, 0.6) is 0 Å². The first-order valence-electron chi connectivity index (χ1n) is 7.01. The molecule has 124 valence electrons. The average Bonchev–Trinajstić information content (AvgIpc) is 3.05. The third-order valence-electron chi connectivity index (χ3n) is 3.92. The number of methoxy groups -OCH3 is 1. The summed E-state index contributed by atoms with van der Waals surface area (Å²) in [6, 6.07) is 5.63. The molecule has 0 unspecified atom stereocenters. The molecule has 0 saturated carbocycles. The van der Waals surface area contributed by atoms with Gasteiger partial charge in [-0.25, -0.2) is 9.59 Å². The molecular weight excluding hydrogens is 308 g/mol. The third-order valence-corrected chi connectivity index (χ3v) is 3.92. The molecule has 0 amide bonds. The van der Waals surface area contributed by atoms with Gasteiger partial charge in [0, 0.05) is 0 Å². The zero-order chi connectivity index (χ0) is 16.6. The van der Waals surface area contributed by atoms with Crippen molar-refractivity contribution in [3.05, 3.63) is 35.4 Å². The minimum absolute atomic E-state index is 0.101. The molecule has 23 heavy (non-hydrogen) atoms. The van der Waals surface area contributed by atoms with E-state index in [2.05, 4.69) is 4.74 Å². The molecule has 2 aliphatic rings. The Labute approximate surface area is 131 Å². The van der Waals surface area contributed by atoms with Crippen LogP contribution in [0.2, 0.25) is 0 Å². The summed E-state index contributed by atoms with van der Waals surface area (Å²) in [5.74, 6) is -2.99. The van der Waals surface area contributed by atoms with Gasteiger partial charge in [0.05, 0.1) is 31.5 Å². The van der Waals surface area contributed by atoms with E-state index in [4.69, 9.17) is 14.2 Å². The maximum absolute atomic E-state index is 12.3. The zero-order valence-corrected chi connectivity index (χ0v) is 12.3. The number of rotatable bonds is 3. The number of esters is 2. The van der Waals surface area contributed by atoms with Crippen LogP contribution in [0.3, 0.4) is 0 Å². The summed E-state index contributed by atoms with van der Waals surface area (Å²) in [5, 5.41) is 19.8. The number of carbonyl (C=O) groups is 2. The smallest absolute Gasteiger partial charge is 0.340 e. The Morgan fingerprint density at radius 1 is 1.13 bits per heavy atom. The van der Waals surface area contributed by atoms with Crippen LogP contribution in [0.1, 0.15) is 20.7 Å². The van der Waals surface area contributed by atoms with Crippen LogP contribution in [0, 0.1) is 0 Å². The van der Waals surface area contributed by atoms with E-state index in [0.29, 0.717) is 0 Å². The Morgan fingerprint density at radius 2 is 1.74 bits per heavy atom. The van der Waals surface area contributed by atoms with Gasteiger partial charge in [0.1, 0.15) is 12.2 Å². The van der Waals surface area contributed by atoms with Gasteiger partial charge in [0.2, 0.25) is 0 Å². The van der Waals surface area contributed by atoms with Crippen molar-refractivity contribution in [1.29, 1.82) is 0 Å². The fourth-order valence-electron chi connectivity index (χ4n) is 2.70. The Morgan fingerprint density at radius 3 is 2.35 bits per heavy atom. The number of hydrogen-bond acceptors (Lipinski definition) is 8. The lowest BCUT2D eigenvalue weighted by atomic mass is 10.1. The molecule has 2 fully saturated rings. The van der Waals surface area contributed by atoms with Gasteiger partial charge in [0.15, 0.2) is 6.10 Å². The van der Waals surface area contributed by atoms with Crippen LogP contribution in [0.15, 0.2) is 24.3 Å². The van der Waals surface area contributed by atoms with Crippen LogP contribution in [0.4, 0.5) is 0 Å². The van der Waals surface area contributed by atoms with Crippen molar-refractivity contribution in [2.45, 2.75) is 24.1 Å². The van der Waals surface area contributed by atoms with Crippen LogP contribution in [-0.4, -0.2) is 66.6 Å². The summed E-state index contributed by atoms with van der Waals surface area (Å²) in [6.45, 7) is -0.202. The van der Waals surface area contributed by atoms with Gasteiger partial charge in [-0.2, -0.15) is 0 Å². The first-order valence-corrected chi connectivity index (χ1v) is 7.01. The highest BCUT2D eigenvalue weighted by atomic mass is 16.8. The summed E-state index contributed by atoms with van der Waals surface area (Å²) in [7, 11) is 1.26. The molecule has 0 radical (unpaired) electrons. The van der Waals surface area contributed by atoms with E-state index in [9.17, 15) is 19.8 Å². The predicted molar refractivity (Wildman–Crippen MR) is 73.6 cm³/mol. The fraction of sp³-hybridized carbons (Fsp3) is 0.467. The molecule has 2 aliphatic heterocycles. The number of carbonyl (C=O) groups excluding carboxylic acids is 2. The number of aliphatic hydroxyl groups is 2. The zero-order valence-electron chi connectivity index (χ0n) is 12.3. The lowest BCUT2D eigenvalue weighted by Gasteiger charge is -2.29. The number of fused-ring (bicyclic) bond motifs is 1. The molecule has 4 atom stereocenters. The van der Waals surface area contributed by atoms with Crippen molar-refractivity contribution in [2.24, 2.45) is 0 Å². The summed E-state index contributed by atoms with van der Waals surface area (Å²) in [4.78, 5) is 23.6. The van der Waals surface area contributed by atoms with Crippen LogP contribution in [-0.2, 0) is 18.9 Å². The molecule has 1 aromatic carbocycles. The number of benzene rings is 1. The van der Waals surface area contributed by atoms with E-state index in [-0.39, 0.29) is 24.3 Å². The van der Waals surface area contributed by atoms with E-state index in [1.54, 1.807) is 0 Å². The quantitative estimate of drug-likeness (QED) is 0.714. The van der Waals surface area contributed by atoms with Gasteiger partial charge in [-0.3, -0.25) is 0 Å². The second kappa shape index (κ2) is 5.89. The van der Waals surface area contributed by atoms with Gasteiger partial charge in [-0.1, -0.05) is 0 Å². The summed E-state index contributed by atoms with van der Waals surface area (Å²) < 4.78 is 20.4. The molecule has 8 nitrogen and oxygen atoms in total. The summed E-state index contributed by atoms with van der Waals surface area (Å²) >= 11 is 0. The molecule has 0 aliphatic carbocycles. The Balaban J connectivity index is 1.77. The first-order chi connectivity index (χ1) is 11.0. The van der Waals surface area contributed by atoms with E-state index in [1.807, 2.05) is 0 Å². The van der Waals surface area contributed by atoms with Crippen molar-refractivity contribution in [2.75, 3.05) is 20.3 Å². The molecule has 0 spiro atoms. The van der Waals surface area contributed by atoms with Crippen LogP contribution in [0.25, 0.3) is 0 Å². The van der Waals surface area contributed by atoms with Crippen molar-refractivity contribution < 1.29 is 38.7 Å². The topological polar surface area (TPSA) is 112 Å². The second-order valence-electron chi connectivity index (χ2n) is 5.33. The van der Waals surface area contributed by atoms with Crippen molar-refractivity contribution in [1.82, 2.24) is 0 Å². The van der Waals surface area contributed by atoms with E-state index >= 15 is 0 Å². The van der Waals surface area contributed by atoms with E-state index < -0.39 is 36.0 Å². The molecule has 1 aromatic rings. The minimum atomic E-state index is -1.71. The SMILES string of the molecule is COC(=O)c1ccc(C(=O)O[C@@]23OC[C@@H](O)[C@H]2OC[C@@H]3O)cc1. The Kier molecular flexibility index (Phi) is 4.07. The maximum atomic E-state index is 12.3. The average molecular weight is 324 g/mol. The number of aliphatic hydroxyl groups excluding tert-OH is 2. The normalized spacial score (nSPS) is 32.4. The summed E-state index contributed by atoms with van der Waals surface area (Å²) in [6.07, 6.45) is -3.11. The van der Waals surface area contributed by atoms with Crippen molar-refractivity contribution >= 4 is 11.9 Å². The highest BCUT2D eigenvalue weighted by molar-refractivity contribution is 5.93. The Hall–Kier alpha value is -2.00. The maximum Gasteiger partial charge on any atom is 0.340 e. The lowest BCUT2D eigenvalue weighted by molar-refractivity contribution is -0.224. The highest BCUT2D eigenvalue weighted by Crippen LogP contribution is 2.39. The van der Waals surface area contributed by atoms with E-state index in [0.717, 1.165) is 0 Å². The molecule has 0 aromatic heterocycles. The molecule has 0 bridgehead atoms. The van der Waals surface area contributed by atoms with Crippen molar-refractivity contribution in [3.63, 3.8) is 0 Å². The molecule has 3 rings (SSSR count). The number of ether oxygens (including phenoxy) is 4. The molecule has 2 heterocycles. The molecule has 2 saturated heterocycles. The standard InChI is InChI=1S/C15H16O8/c1-20-13(18)8-2-4-9(5-3-8)14(19)23-15-11(17)7-21-12(15)10(16)6-22-15/h2-5,10-12,16-17H,6-7H2,1H3/t10-,11+,12-,15-/m1/s1. The van der Waals surface area contributed by atoms with Gasteiger partial charge in [0.25, 0.3) is 5.79 Å². The van der Waals surface area contributed by atoms with Gasteiger partial charge in [-0.15, -0.1) is 0 Å². The van der Waals surface area contributed by atoms with Crippen LogP contribution >= 0.6 is 0 Å². The molecular formula is C15H16O8. The molecule has 2 N–H and O–H groups in total. The highest BCUT2D eigenvalue weighted by Gasteiger charge is 2.63. The summed E-state index contributed by atoms with van der Waals surface area (Å²) in [5.41, 5.74) is 0.451. The first kappa shape index (κ1) is 15.9. The second-order valence-corrected chi connectivity index (χ2v) is 5.33. The van der Waals surface area contributed by atoms with Crippen molar-refractivity contribution in [3.8, 4) is 0 Å². The van der Waals surface area contributed by atoms with Crippen LogP contribution < -0.4 is 0 Å². The Bertz CT molecular complexity index is 612. The largest absolute Gasteiger partial charge is 0.465 e. The predicted octanol–water partition coefficient (Wildman–Crippen LogP) is -0.523. The fourth-order valence-corrected chi connectivity index (χ4v) is 2.70. The van der Waals surface area contributed by atoms with Gasteiger partial charge >= 0.3 is 11.9 Å². The van der Waals surface area contributed by atoms with Gasteiger partial charge in [-0.05, 0) is 24.3 Å².